The molecule has 0 aliphatic carbocycles. The molecule has 18 heavy (non-hydrogen) atoms. The van der Waals surface area contributed by atoms with Crippen molar-refractivity contribution in [1.29, 1.82) is 0 Å². The third-order valence-electron chi connectivity index (χ3n) is 2.61. The average Bonchev–Trinajstić information content (AvgIpc) is 2.37. The summed E-state index contributed by atoms with van der Waals surface area (Å²) in [6.45, 7) is 4.69. The molecule has 0 atom stereocenters. The average molecular weight is 243 g/mol. The van der Waals surface area contributed by atoms with Gasteiger partial charge in [0.15, 0.2) is 0 Å². The van der Waals surface area contributed by atoms with Crippen molar-refractivity contribution >= 4 is 5.95 Å². The highest BCUT2D eigenvalue weighted by atomic mass is 16.5. The van der Waals surface area contributed by atoms with E-state index in [1.165, 1.54) is 11.1 Å². The summed E-state index contributed by atoms with van der Waals surface area (Å²) in [5.41, 5.74) is 3.34. The van der Waals surface area contributed by atoms with E-state index in [-0.39, 0.29) is 0 Å². The molecule has 4 heteroatoms. The lowest BCUT2D eigenvalue weighted by Crippen LogP contribution is -2.05. The summed E-state index contributed by atoms with van der Waals surface area (Å²) in [5.74, 6) is 1.17. The molecule has 0 unspecified atom stereocenters. The lowest BCUT2D eigenvalue weighted by Gasteiger charge is -2.07. The summed E-state index contributed by atoms with van der Waals surface area (Å²) in [6.07, 6.45) is 0. The molecule has 0 aliphatic rings. The Kier molecular flexibility index (Phi) is 3.77. The number of hydrogen-bond donors (Lipinski definition) is 1. The van der Waals surface area contributed by atoms with Gasteiger partial charge in [-0.25, -0.2) is 4.98 Å². The maximum atomic E-state index is 5.11. The monoisotopic (exact) mass is 243 g/mol. The number of rotatable bonds is 4. The molecular weight excluding hydrogens is 226 g/mol. The van der Waals surface area contributed by atoms with Gasteiger partial charge in [0.25, 0.3) is 0 Å². The maximum absolute atomic E-state index is 5.11. The zero-order valence-corrected chi connectivity index (χ0v) is 10.9. The minimum Gasteiger partial charge on any atom is -0.481 e. The van der Waals surface area contributed by atoms with Gasteiger partial charge in [0.1, 0.15) is 0 Å². The number of anilines is 1. The molecule has 4 nitrogen and oxygen atoms in total. The Bertz CT molecular complexity index is 523. The van der Waals surface area contributed by atoms with Gasteiger partial charge in [0, 0.05) is 18.3 Å². The largest absolute Gasteiger partial charge is 0.481 e. The van der Waals surface area contributed by atoms with Gasteiger partial charge in [-0.3, -0.25) is 0 Å². The van der Waals surface area contributed by atoms with Crippen LogP contribution in [0, 0.1) is 13.8 Å². The predicted octanol–water partition coefficient (Wildman–Crippen LogP) is 2.71. The molecule has 94 valence electrons. The van der Waals surface area contributed by atoms with Gasteiger partial charge < -0.3 is 10.1 Å². The van der Waals surface area contributed by atoms with Crippen LogP contribution >= 0.6 is 0 Å². The molecule has 1 heterocycles. The molecule has 1 N–H and O–H groups in total. The third-order valence-corrected chi connectivity index (χ3v) is 2.61. The fourth-order valence-electron chi connectivity index (χ4n) is 1.61. The lowest BCUT2D eigenvalue weighted by atomic mass is 10.1. The highest BCUT2D eigenvalue weighted by Crippen LogP contribution is 2.12. The van der Waals surface area contributed by atoms with Crippen molar-refractivity contribution in [2.45, 2.75) is 20.4 Å². The number of aryl methyl sites for hydroxylation is 2. The van der Waals surface area contributed by atoms with Crippen LogP contribution in [0.25, 0.3) is 0 Å². The van der Waals surface area contributed by atoms with Gasteiger partial charge in [-0.2, -0.15) is 4.98 Å². The number of methoxy groups -OCH3 is 1. The second kappa shape index (κ2) is 5.49. The smallest absolute Gasteiger partial charge is 0.226 e. The van der Waals surface area contributed by atoms with E-state index in [0.29, 0.717) is 18.4 Å². The number of benzene rings is 1. The predicted molar refractivity (Wildman–Crippen MR) is 71.8 cm³/mol. The normalized spacial score (nSPS) is 10.2. The molecule has 0 bridgehead atoms. The molecule has 1 aromatic carbocycles. The van der Waals surface area contributed by atoms with E-state index in [4.69, 9.17) is 4.74 Å². The molecule has 2 rings (SSSR count). The molecule has 0 saturated heterocycles. The van der Waals surface area contributed by atoms with Crippen molar-refractivity contribution in [3.05, 3.63) is 47.2 Å². The van der Waals surface area contributed by atoms with Crippen LogP contribution < -0.4 is 10.1 Å². The number of aromatic nitrogens is 2. The SMILES string of the molecule is COc1cc(C)nc(NCc2ccc(C)cc2)n1. The van der Waals surface area contributed by atoms with Gasteiger partial charge in [0.2, 0.25) is 11.8 Å². The number of nitrogens with one attached hydrogen (secondary N) is 1. The minimum atomic E-state index is 0.578. The van der Waals surface area contributed by atoms with Crippen molar-refractivity contribution < 1.29 is 4.74 Å². The molecule has 0 aliphatic heterocycles. The molecular formula is C14H17N3O. The Morgan fingerprint density at radius 2 is 1.83 bits per heavy atom. The molecule has 2 aromatic rings. The van der Waals surface area contributed by atoms with Crippen molar-refractivity contribution in [3.8, 4) is 5.88 Å². The first-order valence-corrected chi connectivity index (χ1v) is 5.86. The Labute approximate surface area is 107 Å². The number of hydrogen-bond acceptors (Lipinski definition) is 4. The zero-order valence-electron chi connectivity index (χ0n) is 10.9. The topological polar surface area (TPSA) is 47.0 Å². The highest BCUT2D eigenvalue weighted by molar-refractivity contribution is 5.32. The summed E-state index contributed by atoms with van der Waals surface area (Å²) < 4.78 is 5.11. The number of nitrogens with zero attached hydrogens (tertiary/aromatic N) is 2. The molecule has 0 saturated carbocycles. The summed E-state index contributed by atoms with van der Waals surface area (Å²) in [4.78, 5) is 8.55. The van der Waals surface area contributed by atoms with E-state index in [1.54, 1.807) is 13.2 Å². The van der Waals surface area contributed by atoms with Crippen LogP contribution in [0.15, 0.2) is 30.3 Å². The van der Waals surface area contributed by atoms with Gasteiger partial charge >= 0.3 is 0 Å². The van der Waals surface area contributed by atoms with Crippen molar-refractivity contribution in [3.63, 3.8) is 0 Å². The third kappa shape index (κ3) is 3.20. The Morgan fingerprint density at radius 1 is 1.11 bits per heavy atom. The highest BCUT2D eigenvalue weighted by Gasteiger charge is 2.01. The van der Waals surface area contributed by atoms with Gasteiger partial charge in [-0.15, -0.1) is 0 Å². The molecule has 0 fully saturated rings. The quantitative estimate of drug-likeness (QED) is 0.897. The van der Waals surface area contributed by atoms with Crippen molar-refractivity contribution in [2.24, 2.45) is 0 Å². The van der Waals surface area contributed by atoms with E-state index in [2.05, 4.69) is 46.5 Å². The van der Waals surface area contributed by atoms with E-state index < -0.39 is 0 Å². The molecule has 0 spiro atoms. The van der Waals surface area contributed by atoms with Crippen LogP contribution in [0.1, 0.15) is 16.8 Å². The first kappa shape index (κ1) is 12.4. The lowest BCUT2D eigenvalue weighted by molar-refractivity contribution is 0.397. The van der Waals surface area contributed by atoms with Crippen molar-refractivity contribution in [2.75, 3.05) is 12.4 Å². The fourth-order valence-corrected chi connectivity index (χ4v) is 1.61. The standard InChI is InChI=1S/C14H17N3O/c1-10-4-6-12(7-5-10)9-15-14-16-11(2)8-13(17-14)18-3/h4-8H,9H2,1-3H3,(H,15,16,17). The Hall–Kier alpha value is -2.10. The van der Waals surface area contributed by atoms with E-state index in [9.17, 15) is 0 Å². The van der Waals surface area contributed by atoms with Crippen LogP contribution in [0.5, 0.6) is 5.88 Å². The minimum absolute atomic E-state index is 0.578. The second-order valence-corrected chi connectivity index (χ2v) is 4.21. The van der Waals surface area contributed by atoms with Gasteiger partial charge in [0.05, 0.1) is 7.11 Å². The molecule has 0 radical (unpaired) electrons. The summed E-state index contributed by atoms with van der Waals surface area (Å²) >= 11 is 0. The zero-order chi connectivity index (χ0) is 13.0. The van der Waals surface area contributed by atoms with Crippen LogP contribution in [-0.4, -0.2) is 17.1 Å². The van der Waals surface area contributed by atoms with Crippen LogP contribution in [-0.2, 0) is 6.54 Å². The van der Waals surface area contributed by atoms with Crippen LogP contribution in [0.2, 0.25) is 0 Å². The van der Waals surface area contributed by atoms with Gasteiger partial charge in [-0.1, -0.05) is 29.8 Å². The van der Waals surface area contributed by atoms with Crippen LogP contribution in [0.4, 0.5) is 5.95 Å². The Balaban J connectivity index is 2.05. The van der Waals surface area contributed by atoms with Crippen LogP contribution in [0.3, 0.4) is 0 Å². The Morgan fingerprint density at radius 3 is 2.50 bits per heavy atom. The molecule has 0 amide bonds. The summed E-state index contributed by atoms with van der Waals surface area (Å²) in [6, 6.07) is 10.2. The number of ether oxygens (including phenoxy) is 1. The van der Waals surface area contributed by atoms with Crippen molar-refractivity contribution in [1.82, 2.24) is 9.97 Å². The summed E-state index contributed by atoms with van der Waals surface area (Å²) in [7, 11) is 1.60. The van der Waals surface area contributed by atoms with E-state index in [1.807, 2.05) is 6.92 Å². The van der Waals surface area contributed by atoms with Gasteiger partial charge in [-0.05, 0) is 19.4 Å². The van der Waals surface area contributed by atoms with E-state index >= 15 is 0 Å². The first-order valence-electron chi connectivity index (χ1n) is 5.86. The second-order valence-electron chi connectivity index (χ2n) is 4.21. The summed E-state index contributed by atoms with van der Waals surface area (Å²) in [5, 5.41) is 3.19. The fraction of sp³-hybridized carbons (Fsp3) is 0.286. The molecule has 1 aromatic heterocycles. The maximum Gasteiger partial charge on any atom is 0.226 e. The first-order chi connectivity index (χ1) is 8.67. The van der Waals surface area contributed by atoms with E-state index in [0.717, 1.165) is 5.69 Å².